The Labute approximate surface area is 162 Å². The molecule has 27 heavy (non-hydrogen) atoms. The Kier molecular flexibility index (Phi) is 8.94. The number of hydrogen-bond acceptors (Lipinski definition) is 6. The van der Waals surface area contributed by atoms with Crippen LogP contribution < -0.4 is 5.48 Å². The maximum absolute atomic E-state index is 13.2. The number of piperidine rings is 1. The van der Waals surface area contributed by atoms with E-state index < -0.39 is 20.7 Å². The summed E-state index contributed by atoms with van der Waals surface area (Å²) in [5.41, 5.74) is 1.57. The van der Waals surface area contributed by atoms with Crippen molar-refractivity contribution in [2.45, 2.75) is 63.0 Å². The first kappa shape index (κ1) is 22.5. The second kappa shape index (κ2) is 10.7. The zero-order valence-electron chi connectivity index (χ0n) is 16.3. The molecule has 0 radical (unpaired) electrons. The topological polar surface area (TPSA) is 105 Å². The highest BCUT2D eigenvalue weighted by Crippen LogP contribution is 2.35. The Morgan fingerprint density at radius 2 is 1.89 bits per heavy atom. The molecule has 9 heteroatoms. The number of hydrogen-bond donors (Lipinski definition) is 2. The summed E-state index contributed by atoms with van der Waals surface area (Å²) in [5.74, 6) is -0.317. The van der Waals surface area contributed by atoms with Crippen LogP contribution in [0.1, 0.15) is 58.3 Å². The molecular weight excluding hydrogens is 372 g/mol. The van der Waals surface area contributed by atoms with E-state index in [4.69, 9.17) is 14.7 Å². The normalized spacial score (nSPS) is 21.9. The van der Waals surface area contributed by atoms with Crippen molar-refractivity contribution < 1.29 is 27.9 Å². The second-order valence-corrected chi connectivity index (χ2v) is 9.69. The van der Waals surface area contributed by atoms with E-state index in [1.165, 1.54) is 4.31 Å². The smallest absolute Gasteiger partial charge is 0.266 e. The summed E-state index contributed by atoms with van der Waals surface area (Å²) in [5, 5.41) is 9.10. The van der Waals surface area contributed by atoms with Crippen molar-refractivity contribution in [1.82, 2.24) is 9.79 Å². The molecule has 2 heterocycles. The van der Waals surface area contributed by atoms with Crippen LogP contribution in [0.15, 0.2) is 0 Å². The molecule has 0 spiro atoms. The molecule has 0 aromatic heterocycles. The number of sulfonamides is 1. The largest absolute Gasteiger partial charge is 0.382 e. The van der Waals surface area contributed by atoms with E-state index in [0.717, 1.165) is 51.7 Å². The minimum Gasteiger partial charge on any atom is -0.382 e. The van der Waals surface area contributed by atoms with Crippen LogP contribution in [0.3, 0.4) is 0 Å². The van der Waals surface area contributed by atoms with E-state index in [2.05, 4.69) is 0 Å². The molecule has 2 aliphatic rings. The van der Waals surface area contributed by atoms with Crippen LogP contribution in [0.4, 0.5) is 0 Å². The highest BCUT2D eigenvalue weighted by atomic mass is 32.2. The van der Waals surface area contributed by atoms with Crippen molar-refractivity contribution in [1.29, 1.82) is 0 Å². The summed E-state index contributed by atoms with van der Waals surface area (Å²) in [7, 11) is -3.85. The van der Waals surface area contributed by atoms with E-state index in [1.807, 2.05) is 6.92 Å². The minimum absolute atomic E-state index is 0.0709. The van der Waals surface area contributed by atoms with Crippen molar-refractivity contribution >= 4 is 15.9 Å². The van der Waals surface area contributed by atoms with Gasteiger partial charge in [-0.1, -0.05) is 19.3 Å². The standard InChI is InChI=1S/C18H34N2O6S/c1-2-25-13-5-3-4-6-16-7-11-20(12-8-16)27(23,24)18(17(21)19-22)9-14-26-15-10-18/h16,22H,2-15H2,1H3,(H,19,21). The van der Waals surface area contributed by atoms with Crippen molar-refractivity contribution in [3.8, 4) is 0 Å². The average molecular weight is 407 g/mol. The third kappa shape index (κ3) is 5.41. The second-order valence-electron chi connectivity index (χ2n) is 7.44. The predicted octanol–water partition coefficient (Wildman–Crippen LogP) is 1.68. The molecule has 2 aliphatic heterocycles. The van der Waals surface area contributed by atoms with Crippen LogP contribution in [-0.2, 0) is 24.3 Å². The van der Waals surface area contributed by atoms with E-state index in [0.29, 0.717) is 19.0 Å². The molecule has 0 aliphatic carbocycles. The Balaban J connectivity index is 1.87. The Morgan fingerprint density at radius 1 is 1.22 bits per heavy atom. The van der Waals surface area contributed by atoms with Gasteiger partial charge in [0.1, 0.15) is 0 Å². The lowest BCUT2D eigenvalue weighted by atomic mass is 9.92. The molecule has 2 saturated heterocycles. The summed E-state index contributed by atoms with van der Waals surface area (Å²) >= 11 is 0. The fourth-order valence-corrected chi connectivity index (χ4v) is 6.20. The van der Waals surface area contributed by atoms with Crippen LogP contribution in [-0.4, -0.2) is 68.1 Å². The van der Waals surface area contributed by atoms with Gasteiger partial charge in [-0.3, -0.25) is 10.0 Å². The first-order chi connectivity index (χ1) is 13.0. The maximum Gasteiger partial charge on any atom is 0.266 e. The van der Waals surface area contributed by atoms with Crippen LogP contribution in [0.2, 0.25) is 0 Å². The lowest BCUT2D eigenvalue weighted by molar-refractivity contribution is -0.134. The van der Waals surface area contributed by atoms with Gasteiger partial charge in [0.2, 0.25) is 10.0 Å². The molecule has 0 atom stereocenters. The van der Waals surface area contributed by atoms with Gasteiger partial charge in [-0.05, 0) is 32.1 Å². The number of hydroxylamine groups is 1. The molecule has 0 aromatic rings. The zero-order valence-corrected chi connectivity index (χ0v) is 17.1. The van der Waals surface area contributed by atoms with Gasteiger partial charge in [0.05, 0.1) is 0 Å². The predicted molar refractivity (Wildman–Crippen MR) is 101 cm³/mol. The van der Waals surface area contributed by atoms with E-state index in [-0.39, 0.29) is 26.1 Å². The zero-order chi connectivity index (χ0) is 19.8. The fraction of sp³-hybridized carbons (Fsp3) is 0.944. The van der Waals surface area contributed by atoms with Crippen molar-refractivity contribution in [3.05, 3.63) is 0 Å². The molecular formula is C18H34N2O6S. The van der Waals surface area contributed by atoms with Crippen molar-refractivity contribution in [2.24, 2.45) is 5.92 Å². The first-order valence-corrected chi connectivity index (χ1v) is 11.5. The van der Waals surface area contributed by atoms with Gasteiger partial charge >= 0.3 is 0 Å². The number of nitrogens with zero attached hydrogens (tertiary/aromatic N) is 1. The van der Waals surface area contributed by atoms with Crippen LogP contribution in [0.25, 0.3) is 0 Å². The molecule has 0 saturated carbocycles. The third-order valence-corrected chi connectivity index (χ3v) is 8.45. The summed E-state index contributed by atoms with van der Waals surface area (Å²) in [4.78, 5) is 12.3. The van der Waals surface area contributed by atoms with Gasteiger partial charge in [0, 0.05) is 52.4 Å². The quantitative estimate of drug-likeness (QED) is 0.325. The summed E-state index contributed by atoms with van der Waals surface area (Å²) < 4.78 is 36.8. The van der Waals surface area contributed by atoms with Gasteiger partial charge in [0.15, 0.2) is 4.75 Å². The molecule has 0 unspecified atom stereocenters. The molecule has 0 aromatic carbocycles. The summed E-state index contributed by atoms with van der Waals surface area (Å²) in [6, 6.07) is 0. The number of unbranched alkanes of at least 4 members (excludes halogenated alkanes) is 2. The molecule has 2 rings (SSSR count). The number of rotatable bonds is 10. The number of nitrogens with one attached hydrogen (secondary N) is 1. The third-order valence-electron chi connectivity index (χ3n) is 5.83. The lowest BCUT2D eigenvalue weighted by Gasteiger charge is -2.40. The van der Waals surface area contributed by atoms with Crippen molar-refractivity contribution in [2.75, 3.05) is 39.5 Å². The maximum atomic E-state index is 13.2. The van der Waals surface area contributed by atoms with E-state index in [1.54, 1.807) is 5.48 Å². The SMILES string of the molecule is CCOCCCCCC1CCN(S(=O)(=O)C2(C(=O)NO)CCOCC2)CC1. The molecule has 0 bridgehead atoms. The minimum atomic E-state index is -3.85. The molecule has 158 valence electrons. The van der Waals surface area contributed by atoms with Gasteiger partial charge in [0.25, 0.3) is 5.91 Å². The average Bonchev–Trinajstić information content (AvgIpc) is 2.70. The molecule has 2 fully saturated rings. The van der Waals surface area contributed by atoms with Gasteiger partial charge in [-0.2, -0.15) is 0 Å². The lowest BCUT2D eigenvalue weighted by Crippen LogP contribution is -2.60. The fourth-order valence-electron chi connectivity index (χ4n) is 4.05. The van der Waals surface area contributed by atoms with Crippen LogP contribution in [0, 0.1) is 5.92 Å². The monoisotopic (exact) mass is 406 g/mol. The Bertz CT molecular complexity index is 554. The van der Waals surface area contributed by atoms with E-state index in [9.17, 15) is 13.2 Å². The van der Waals surface area contributed by atoms with Gasteiger partial charge < -0.3 is 9.47 Å². The van der Waals surface area contributed by atoms with Crippen molar-refractivity contribution in [3.63, 3.8) is 0 Å². The molecule has 1 amide bonds. The summed E-state index contributed by atoms with van der Waals surface area (Å²) in [6.45, 7) is 4.84. The summed E-state index contributed by atoms with van der Waals surface area (Å²) in [6.07, 6.45) is 6.23. The first-order valence-electron chi connectivity index (χ1n) is 10.1. The highest BCUT2D eigenvalue weighted by Gasteiger charge is 2.54. The highest BCUT2D eigenvalue weighted by molar-refractivity contribution is 7.91. The molecule has 8 nitrogen and oxygen atoms in total. The number of amides is 1. The molecule has 2 N–H and O–H groups in total. The van der Waals surface area contributed by atoms with E-state index >= 15 is 0 Å². The van der Waals surface area contributed by atoms with Crippen LogP contribution >= 0.6 is 0 Å². The van der Waals surface area contributed by atoms with Crippen LogP contribution in [0.5, 0.6) is 0 Å². The Morgan fingerprint density at radius 3 is 2.48 bits per heavy atom. The number of carbonyl (C=O) groups excluding carboxylic acids is 1. The Hall–Kier alpha value is -0.740. The van der Waals surface area contributed by atoms with Gasteiger partial charge in [-0.15, -0.1) is 0 Å². The number of ether oxygens (including phenoxy) is 2. The van der Waals surface area contributed by atoms with Gasteiger partial charge in [-0.25, -0.2) is 18.2 Å². The number of carbonyl (C=O) groups is 1.